The van der Waals surface area contributed by atoms with Crippen molar-refractivity contribution in [2.24, 2.45) is 0 Å². The molecule has 1 amide bonds. The summed E-state index contributed by atoms with van der Waals surface area (Å²) in [5.41, 5.74) is 0.401. The van der Waals surface area contributed by atoms with Gasteiger partial charge in [0.15, 0.2) is 0 Å². The second-order valence-electron chi connectivity index (χ2n) is 6.16. The van der Waals surface area contributed by atoms with Gasteiger partial charge in [0.25, 0.3) is 5.91 Å². The summed E-state index contributed by atoms with van der Waals surface area (Å²) in [6, 6.07) is 3.81. The Kier molecular flexibility index (Phi) is 4.08. The highest BCUT2D eigenvalue weighted by Gasteiger charge is 2.16. The average Bonchev–Trinajstić information content (AvgIpc) is 2.38. The van der Waals surface area contributed by atoms with Gasteiger partial charge in [-0.3, -0.25) is 4.79 Å². The largest absolute Gasteiger partial charge is 0.357 e. The minimum atomic E-state index is -0.220. The maximum Gasteiger partial charge on any atom is 0.253 e. The number of rotatable bonds is 2. The molecule has 0 radical (unpaired) electrons. The smallest absolute Gasteiger partial charge is 0.253 e. The van der Waals surface area contributed by atoms with Crippen LogP contribution in [0.2, 0.25) is 0 Å². The first-order valence-electron chi connectivity index (χ1n) is 6.99. The Morgan fingerprint density at radius 2 is 1.89 bits per heavy atom. The number of piperidine rings is 1. The van der Waals surface area contributed by atoms with Gasteiger partial charge in [-0.2, -0.15) is 0 Å². The third kappa shape index (κ3) is 3.94. The van der Waals surface area contributed by atoms with Crippen LogP contribution in [-0.2, 0) is 0 Å². The predicted molar refractivity (Wildman–Crippen MR) is 77.5 cm³/mol. The maximum atomic E-state index is 12.0. The molecule has 0 bridgehead atoms. The number of aromatic nitrogens is 1. The molecule has 104 valence electrons. The van der Waals surface area contributed by atoms with E-state index in [2.05, 4.69) is 15.2 Å². The van der Waals surface area contributed by atoms with Crippen molar-refractivity contribution in [2.75, 3.05) is 18.0 Å². The van der Waals surface area contributed by atoms with E-state index in [1.54, 1.807) is 6.20 Å². The summed E-state index contributed by atoms with van der Waals surface area (Å²) in [5.74, 6) is 0.914. The minimum Gasteiger partial charge on any atom is -0.357 e. The zero-order valence-corrected chi connectivity index (χ0v) is 12.1. The van der Waals surface area contributed by atoms with Gasteiger partial charge in [0.2, 0.25) is 0 Å². The van der Waals surface area contributed by atoms with Crippen LogP contribution in [0, 0.1) is 0 Å². The van der Waals surface area contributed by atoms with Crippen LogP contribution < -0.4 is 10.2 Å². The normalized spacial score (nSPS) is 16.3. The quantitative estimate of drug-likeness (QED) is 0.890. The number of nitrogens with zero attached hydrogens (tertiary/aromatic N) is 2. The van der Waals surface area contributed by atoms with E-state index in [9.17, 15) is 4.79 Å². The monoisotopic (exact) mass is 261 g/mol. The number of hydrogen-bond donors (Lipinski definition) is 1. The molecule has 1 fully saturated rings. The lowest BCUT2D eigenvalue weighted by Crippen LogP contribution is -2.40. The van der Waals surface area contributed by atoms with Gasteiger partial charge >= 0.3 is 0 Å². The molecule has 0 unspecified atom stereocenters. The van der Waals surface area contributed by atoms with E-state index in [0.717, 1.165) is 18.9 Å². The molecule has 1 aromatic heterocycles. The molecule has 2 rings (SSSR count). The van der Waals surface area contributed by atoms with E-state index in [1.165, 1.54) is 19.3 Å². The van der Waals surface area contributed by atoms with Crippen LogP contribution in [0.15, 0.2) is 18.3 Å². The fourth-order valence-electron chi connectivity index (χ4n) is 2.24. The Bertz CT molecular complexity index is 428. The number of nitrogens with one attached hydrogen (secondary N) is 1. The Morgan fingerprint density at radius 3 is 2.42 bits per heavy atom. The van der Waals surface area contributed by atoms with E-state index in [4.69, 9.17) is 0 Å². The van der Waals surface area contributed by atoms with Gasteiger partial charge in [0, 0.05) is 24.8 Å². The fourth-order valence-corrected chi connectivity index (χ4v) is 2.24. The lowest BCUT2D eigenvalue weighted by atomic mass is 10.1. The van der Waals surface area contributed by atoms with Gasteiger partial charge in [-0.15, -0.1) is 0 Å². The van der Waals surface area contributed by atoms with Gasteiger partial charge in [-0.05, 0) is 52.2 Å². The average molecular weight is 261 g/mol. The number of carbonyl (C=O) groups is 1. The topological polar surface area (TPSA) is 45.2 Å². The van der Waals surface area contributed by atoms with Crippen molar-refractivity contribution in [1.29, 1.82) is 0 Å². The molecule has 1 aromatic rings. The van der Waals surface area contributed by atoms with Crippen LogP contribution in [0.3, 0.4) is 0 Å². The van der Waals surface area contributed by atoms with E-state index in [-0.39, 0.29) is 11.4 Å². The summed E-state index contributed by atoms with van der Waals surface area (Å²) in [7, 11) is 0. The third-order valence-electron chi connectivity index (χ3n) is 3.18. The van der Waals surface area contributed by atoms with Crippen LogP contribution in [0.25, 0.3) is 0 Å². The Balaban J connectivity index is 2.03. The lowest BCUT2D eigenvalue weighted by Gasteiger charge is -2.27. The summed E-state index contributed by atoms with van der Waals surface area (Å²) in [6.45, 7) is 8.06. The third-order valence-corrected chi connectivity index (χ3v) is 3.18. The summed E-state index contributed by atoms with van der Waals surface area (Å²) >= 11 is 0. The van der Waals surface area contributed by atoms with Crippen molar-refractivity contribution in [3.63, 3.8) is 0 Å². The number of hydrogen-bond acceptors (Lipinski definition) is 3. The molecule has 1 N–H and O–H groups in total. The fraction of sp³-hybridized carbons (Fsp3) is 0.600. The van der Waals surface area contributed by atoms with Crippen molar-refractivity contribution in [1.82, 2.24) is 10.3 Å². The molecule has 1 saturated heterocycles. The maximum absolute atomic E-state index is 12.0. The van der Waals surface area contributed by atoms with E-state index >= 15 is 0 Å². The van der Waals surface area contributed by atoms with Gasteiger partial charge in [0.05, 0.1) is 5.56 Å². The molecule has 1 aliphatic heterocycles. The van der Waals surface area contributed by atoms with Crippen LogP contribution in [-0.4, -0.2) is 29.5 Å². The lowest BCUT2D eigenvalue weighted by molar-refractivity contribution is 0.0919. The number of pyridine rings is 1. The van der Waals surface area contributed by atoms with E-state index in [0.29, 0.717) is 5.56 Å². The van der Waals surface area contributed by atoms with Crippen molar-refractivity contribution >= 4 is 11.7 Å². The molecule has 0 atom stereocenters. The molecular formula is C15H23N3O. The highest BCUT2D eigenvalue weighted by atomic mass is 16.1. The summed E-state index contributed by atoms with van der Waals surface area (Å²) in [5, 5.41) is 2.94. The van der Waals surface area contributed by atoms with Crippen molar-refractivity contribution in [3.8, 4) is 0 Å². The molecular weight excluding hydrogens is 238 g/mol. The van der Waals surface area contributed by atoms with Crippen molar-refractivity contribution in [3.05, 3.63) is 23.9 Å². The highest BCUT2D eigenvalue weighted by molar-refractivity contribution is 5.94. The van der Waals surface area contributed by atoms with Crippen molar-refractivity contribution in [2.45, 2.75) is 45.6 Å². The van der Waals surface area contributed by atoms with Crippen LogP contribution in [0.4, 0.5) is 5.82 Å². The molecule has 1 aliphatic rings. The first-order valence-corrected chi connectivity index (χ1v) is 6.99. The summed E-state index contributed by atoms with van der Waals surface area (Å²) in [4.78, 5) is 18.7. The molecule has 0 saturated carbocycles. The molecule has 4 heteroatoms. The SMILES string of the molecule is CC(C)(C)NC(=O)c1ccc(N2CCCCC2)nc1. The minimum absolute atomic E-state index is 0.0646. The Labute approximate surface area is 115 Å². The Morgan fingerprint density at radius 1 is 1.21 bits per heavy atom. The molecule has 0 spiro atoms. The Hall–Kier alpha value is -1.58. The van der Waals surface area contributed by atoms with E-state index < -0.39 is 0 Å². The van der Waals surface area contributed by atoms with Crippen molar-refractivity contribution < 1.29 is 4.79 Å². The second-order valence-corrected chi connectivity index (χ2v) is 6.16. The second kappa shape index (κ2) is 5.59. The highest BCUT2D eigenvalue weighted by Crippen LogP contribution is 2.17. The number of amides is 1. The number of carbonyl (C=O) groups excluding carboxylic acids is 1. The van der Waals surface area contributed by atoms with Crippen LogP contribution >= 0.6 is 0 Å². The van der Waals surface area contributed by atoms with E-state index in [1.807, 2.05) is 32.9 Å². The molecule has 0 aliphatic carbocycles. The first kappa shape index (κ1) is 13.8. The zero-order chi connectivity index (χ0) is 13.9. The first-order chi connectivity index (χ1) is 8.96. The number of anilines is 1. The van der Waals surface area contributed by atoms with Gasteiger partial charge in [-0.1, -0.05) is 0 Å². The summed E-state index contributed by atoms with van der Waals surface area (Å²) < 4.78 is 0. The molecule has 0 aromatic carbocycles. The van der Waals surface area contributed by atoms with Gasteiger partial charge in [-0.25, -0.2) is 4.98 Å². The zero-order valence-electron chi connectivity index (χ0n) is 12.1. The molecule has 19 heavy (non-hydrogen) atoms. The van der Waals surface area contributed by atoms with Crippen LogP contribution in [0.5, 0.6) is 0 Å². The molecule has 4 nitrogen and oxygen atoms in total. The molecule has 2 heterocycles. The van der Waals surface area contributed by atoms with Crippen LogP contribution in [0.1, 0.15) is 50.4 Å². The summed E-state index contributed by atoms with van der Waals surface area (Å²) in [6.07, 6.45) is 5.44. The standard InChI is InChI=1S/C15H23N3O/c1-15(2,3)17-14(19)12-7-8-13(16-11-12)18-9-5-4-6-10-18/h7-8,11H,4-6,9-10H2,1-3H3,(H,17,19). The predicted octanol–water partition coefficient (Wildman–Crippen LogP) is 2.60. The van der Waals surface area contributed by atoms with Gasteiger partial charge in [0.1, 0.15) is 5.82 Å². The van der Waals surface area contributed by atoms with Gasteiger partial charge < -0.3 is 10.2 Å².